The molecule has 0 saturated carbocycles. The number of nitrogens with zero attached hydrogens (tertiary/aromatic N) is 2. The molecule has 0 amide bonds. The molecule has 0 aliphatic carbocycles. The van der Waals surface area contributed by atoms with Crippen LogP contribution in [0.15, 0.2) is 36.9 Å². The standard InChI is InChI=1S/C15H6F6N2O5/c16-14(17,18)9-1-7(3-22-5-9)11(24)27-13(26)28-12(25)8-2-10(6-23-4-8)15(19,20)21/h1-6H. The van der Waals surface area contributed by atoms with Gasteiger partial charge in [-0.2, -0.15) is 26.3 Å². The zero-order chi connectivity index (χ0) is 21.1. The SMILES string of the molecule is O=C(OC(=O)c1cncc(C(F)(F)F)c1)OC(=O)c1cncc(C(F)(F)F)c1. The van der Waals surface area contributed by atoms with E-state index in [0.29, 0.717) is 36.9 Å². The highest BCUT2D eigenvalue weighted by Gasteiger charge is 2.33. The fourth-order valence-corrected chi connectivity index (χ4v) is 1.70. The topological polar surface area (TPSA) is 95.5 Å². The van der Waals surface area contributed by atoms with E-state index >= 15 is 0 Å². The molecule has 2 heterocycles. The van der Waals surface area contributed by atoms with Gasteiger partial charge in [-0.1, -0.05) is 0 Å². The molecule has 0 spiro atoms. The summed E-state index contributed by atoms with van der Waals surface area (Å²) in [5.41, 5.74) is -4.16. The van der Waals surface area contributed by atoms with Crippen molar-refractivity contribution < 1.29 is 50.2 Å². The van der Waals surface area contributed by atoms with Gasteiger partial charge < -0.3 is 9.47 Å². The number of esters is 2. The van der Waals surface area contributed by atoms with Crippen molar-refractivity contribution in [3.63, 3.8) is 0 Å². The molecule has 0 atom stereocenters. The van der Waals surface area contributed by atoms with Crippen LogP contribution in [0.5, 0.6) is 0 Å². The maximum absolute atomic E-state index is 12.6. The number of pyridine rings is 2. The van der Waals surface area contributed by atoms with Gasteiger partial charge in [-0.25, -0.2) is 14.4 Å². The summed E-state index contributed by atoms with van der Waals surface area (Å²) in [6.07, 6.45) is -9.47. The predicted molar refractivity (Wildman–Crippen MR) is 74.7 cm³/mol. The van der Waals surface area contributed by atoms with Crippen LogP contribution in [-0.4, -0.2) is 28.1 Å². The van der Waals surface area contributed by atoms with E-state index in [1.165, 1.54) is 0 Å². The van der Waals surface area contributed by atoms with Gasteiger partial charge in [0, 0.05) is 24.8 Å². The van der Waals surface area contributed by atoms with E-state index in [1.807, 2.05) is 0 Å². The summed E-state index contributed by atoms with van der Waals surface area (Å²) in [6, 6.07) is 0.669. The Labute approximate surface area is 150 Å². The van der Waals surface area contributed by atoms with Crippen LogP contribution < -0.4 is 0 Å². The average molecular weight is 408 g/mol. The second-order valence-corrected chi connectivity index (χ2v) is 4.95. The molecular formula is C15H6F6N2O5. The Bertz CT molecular complexity index is 852. The molecule has 0 bridgehead atoms. The van der Waals surface area contributed by atoms with Crippen LogP contribution >= 0.6 is 0 Å². The fourth-order valence-electron chi connectivity index (χ4n) is 1.70. The summed E-state index contributed by atoms with van der Waals surface area (Å²) < 4.78 is 83.4. The van der Waals surface area contributed by atoms with Gasteiger partial charge >= 0.3 is 30.4 Å². The Morgan fingerprint density at radius 2 is 1.04 bits per heavy atom. The molecule has 13 heteroatoms. The lowest BCUT2D eigenvalue weighted by Gasteiger charge is -2.08. The van der Waals surface area contributed by atoms with E-state index in [2.05, 4.69) is 19.4 Å². The van der Waals surface area contributed by atoms with Crippen molar-refractivity contribution in [3.8, 4) is 0 Å². The third-order valence-corrected chi connectivity index (χ3v) is 2.95. The Morgan fingerprint density at radius 3 is 1.36 bits per heavy atom. The maximum atomic E-state index is 12.6. The molecule has 0 fully saturated rings. The normalized spacial score (nSPS) is 11.6. The molecule has 0 aliphatic rings. The van der Waals surface area contributed by atoms with Crippen molar-refractivity contribution >= 4 is 18.1 Å². The molecule has 148 valence electrons. The number of alkyl halides is 6. The minimum atomic E-state index is -4.82. The van der Waals surface area contributed by atoms with Gasteiger partial charge in [-0.3, -0.25) is 9.97 Å². The maximum Gasteiger partial charge on any atom is 0.524 e. The zero-order valence-electron chi connectivity index (χ0n) is 13.2. The first-order valence-electron chi connectivity index (χ1n) is 6.90. The molecule has 0 saturated heterocycles. The zero-order valence-corrected chi connectivity index (χ0v) is 13.2. The second-order valence-electron chi connectivity index (χ2n) is 4.95. The molecule has 0 N–H and O–H groups in total. The Kier molecular flexibility index (Phi) is 5.66. The van der Waals surface area contributed by atoms with Crippen LogP contribution in [0.3, 0.4) is 0 Å². The molecule has 2 aromatic rings. The Balaban J connectivity index is 2.06. The summed E-state index contributed by atoms with van der Waals surface area (Å²) in [4.78, 5) is 41.0. The first kappa shape index (κ1) is 20.8. The number of aromatic nitrogens is 2. The third kappa shape index (κ3) is 5.25. The molecule has 7 nitrogen and oxygen atoms in total. The van der Waals surface area contributed by atoms with Gasteiger partial charge in [0.05, 0.1) is 22.3 Å². The number of ether oxygens (including phenoxy) is 2. The minimum absolute atomic E-state index is 0.334. The summed E-state index contributed by atoms with van der Waals surface area (Å²) in [6.45, 7) is 0. The molecule has 2 aromatic heterocycles. The first-order valence-corrected chi connectivity index (χ1v) is 6.90. The number of rotatable bonds is 2. The van der Waals surface area contributed by atoms with Gasteiger partial charge in [-0.15, -0.1) is 0 Å². The van der Waals surface area contributed by atoms with E-state index in [-0.39, 0.29) is 0 Å². The van der Waals surface area contributed by atoms with E-state index in [9.17, 15) is 40.7 Å². The van der Waals surface area contributed by atoms with Crippen molar-refractivity contribution in [2.75, 3.05) is 0 Å². The minimum Gasteiger partial charge on any atom is -0.356 e. The molecule has 0 aromatic carbocycles. The van der Waals surface area contributed by atoms with Crippen LogP contribution in [0.2, 0.25) is 0 Å². The molecule has 0 unspecified atom stereocenters. The first-order chi connectivity index (χ1) is 12.9. The van der Waals surface area contributed by atoms with Crippen molar-refractivity contribution in [1.82, 2.24) is 9.97 Å². The lowest BCUT2D eigenvalue weighted by Crippen LogP contribution is -2.19. The number of carbonyl (C=O) groups is 3. The molecule has 0 aliphatic heterocycles. The van der Waals surface area contributed by atoms with E-state index in [0.717, 1.165) is 0 Å². The number of carbonyl (C=O) groups excluding carboxylic acids is 3. The summed E-state index contributed by atoms with van der Waals surface area (Å²) in [5, 5.41) is 0. The highest BCUT2D eigenvalue weighted by Crippen LogP contribution is 2.30. The fraction of sp³-hybridized carbons (Fsp3) is 0.133. The summed E-state index contributed by atoms with van der Waals surface area (Å²) in [5.74, 6) is -3.25. The van der Waals surface area contributed by atoms with E-state index in [1.54, 1.807) is 0 Å². The van der Waals surface area contributed by atoms with E-state index in [4.69, 9.17) is 0 Å². The molecule has 2 rings (SSSR count). The Morgan fingerprint density at radius 1 is 0.679 bits per heavy atom. The summed E-state index contributed by atoms with van der Waals surface area (Å²) in [7, 11) is 0. The predicted octanol–water partition coefficient (Wildman–Crippen LogP) is 3.65. The lowest BCUT2D eigenvalue weighted by atomic mass is 10.2. The second kappa shape index (κ2) is 7.62. The smallest absolute Gasteiger partial charge is 0.356 e. The number of halogens is 6. The molecule has 28 heavy (non-hydrogen) atoms. The van der Waals surface area contributed by atoms with Crippen LogP contribution in [0.25, 0.3) is 0 Å². The molecular weight excluding hydrogens is 402 g/mol. The van der Waals surface area contributed by atoms with Gasteiger partial charge in [-0.05, 0) is 12.1 Å². The van der Waals surface area contributed by atoms with Gasteiger partial charge in [0.25, 0.3) is 0 Å². The molecule has 0 radical (unpaired) electrons. The quantitative estimate of drug-likeness (QED) is 0.425. The largest absolute Gasteiger partial charge is 0.524 e. The van der Waals surface area contributed by atoms with Gasteiger partial charge in [0.1, 0.15) is 0 Å². The van der Waals surface area contributed by atoms with Crippen LogP contribution in [0.1, 0.15) is 31.8 Å². The van der Waals surface area contributed by atoms with Crippen molar-refractivity contribution in [2.24, 2.45) is 0 Å². The monoisotopic (exact) mass is 408 g/mol. The van der Waals surface area contributed by atoms with Crippen LogP contribution in [0.4, 0.5) is 31.1 Å². The van der Waals surface area contributed by atoms with Crippen LogP contribution in [0, 0.1) is 0 Å². The number of hydrogen-bond donors (Lipinski definition) is 0. The van der Waals surface area contributed by atoms with Crippen molar-refractivity contribution in [1.29, 1.82) is 0 Å². The van der Waals surface area contributed by atoms with E-state index < -0.39 is 52.7 Å². The van der Waals surface area contributed by atoms with Gasteiger partial charge in [0.15, 0.2) is 0 Å². The summed E-state index contributed by atoms with van der Waals surface area (Å²) >= 11 is 0. The highest BCUT2D eigenvalue weighted by atomic mass is 19.4. The van der Waals surface area contributed by atoms with Crippen molar-refractivity contribution in [3.05, 3.63) is 59.2 Å². The third-order valence-electron chi connectivity index (χ3n) is 2.95. The highest BCUT2D eigenvalue weighted by molar-refractivity contribution is 6.00. The van der Waals surface area contributed by atoms with Gasteiger partial charge in [0.2, 0.25) is 0 Å². The number of hydrogen-bond acceptors (Lipinski definition) is 7. The average Bonchev–Trinajstić information content (AvgIpc) is 2.60. The lowest BCUT2D eigenvalue weighted by molar-refractivity contribution is -0.138. The van der Waals surface area contributed by atoms with Crippen LogP contribution in [-0.2, 0) is 21.8 Å². The van der Waals surface area contributed by atoms with Crippen molar-refractivity contribution in [2.45, 2.75) is 12.4 Å². The Hall–Kier alpha value is -3.51.